The summed E-state index contributed by atoms with van der Waals surface area (Å²) in [5, 5.41) is 19.5. The molecule has 2 aromatic rings. The van der Waals surface area contributed by atoms with E-state index in [9.17, 15) is 14.9 Å². The van der Waals surface area contributed by atoms with Gasteiger partial charge in [0.15, 0.2) is 0 Å². The summed E-state index contributed by atoms with van der Waals surface area (Å²) in [7, 11) is 0. The minimum atomic E-state index is -0.459. The van der Waals surface area contributed by atoms with Gasteiger partial charge in [-0.1, -0.05) is 19.1 Å². The first-order valence-electron chi connectivity index (χ1n) is 8.24. The van der Waals surface area contributed by atoms with Crippen LogP contribution in [0.4, 0.5) is 5.69 Å². The highest BCUT2D eigenvalue weighted by molar-refractivity contribution is 5.91. The number of nitro benzene ring substituents is 1. The topological polar surface area (TPSA) is 87.2 Å². The summed E-state index contributed by atoms with van der Waals surface area (Å²) >= 11 is 0. The number of non-ortho nitro benzene ring substituents is 1. The number of carbonyl (C=O) groups excluding carboxylic acids is 1. The van der Waals surface area contributed by atoms with E-state index in [-0.39, 0.29) is 11.6 Å². The van der Waals surface area contributed by atoms with Crippen LogP contribution in [0, 0.1) is 21.4 Å². The van der Waals surface area contributed by atoms with E-state index in [0.717, 1.165) is 17.5 Å². The Morgan fingerprint density at radius 3 is 2.38 bits per heavy atom. The molecule has 0 heterocycles. The third kappa shape index (κ3) is 5.28. The molecule has 0 aliphatic heterocycles. The quantitative estimate of drug-likeness (QED) is 0.430. The molecule has 0 unspecified atom stereocenters. The minimum Gasteiger partial charge on any atom is -0.335 e. The first-order valence-corrected chi connectivity index (χ1v) is 8.24. The Morgan fingerprint density at radius 2 is 1.85 bits per heavy atom. The van der Waals surface area contributed by atoms with Crippen molar-refractivity contribution in [3.63, 3.8) is 0 Å². The molecule has 132 valence electrons. The first kappa shape index (κ1) is 18.9. The van der Waals surface area contributed by atoms with Gasteiger partial charge < -0.3 is 4.90 Å². The van der Waals surface area contributed by atoms with Crippen LogP contribution in [0.5, 0.6) is 0 Å². The first-order chi connectivity index (χ1) is 12.5. The van der Waals surface area contributed by atoms with Crippen molar-refractivity contribution in [3.8, 4) is 6.07 Å². The van der Waals surface area contributed by atoms with Crippen LogP contribution in [-0.2, 0) is 11.3 Å². The van der Waals surface area contributed by atoms with Crippen molar-refractivity contribution in [2.24, 2.45) is 0 Å². The van der Waals surface area contributed by atoms with Crippen molar-refractivity contribution >= 4 is 17.7 Å². The Balaban J connectivity index is 2.06. The van der Waals surface area contributed by atoms with Crippen LogP contribution in [0.3, 0.4) is 0 Å². The number of carbonyl (C=O) groups is 1. The molecule has 0 saturated heterocycles. The summed E-state index contributed by atoms with van der Waals surface area (Å²) in [6, 6.07) is 15.2. The van der Waals surface area contributed by atoms with Gasteiger partial charge in [-0.25, -0.2) is 0 Å². The number of rotatable bonds is 7. The monoisotopic (exact) mass is 349 g/mol. The molecule has 0 aliphatic rings. The van der Waals surface area contributed by atoms with Crippen molar-refractivity contribution in [2.45, 2.75) is 19.9 Å². The lowest BCUT2D eigenvalue weighted by molar-refractivity contribution is -0.384. The molecule has 1 amide bonds. The van der Waals surface area contributed by atoms with E-state index in [1.807, 2.05) is 19.1 Å². The average molecular weight is 349 g/mol. The zero-order valence-electron chi connectivity index (χ0n) is 14.5. The molecule has 2 aromatic carbocycles. The highest BCUT2D eigenvalue weighted by Gasteiger charge is 2.10. The lowest BCUT2D eigenvalue weighted by Crippen LogP contribution is -2.29. The van der Waals surface area contributed by atoms with E-state index in [1.165, 1.54) is 18.2 Å². The van der Waals surface area contributed by atoms with E-state index in [4.69, 9.17) is 5.26 Å². The van der Waals surface area contributed by atoms with Crippen molar-refractivity contribution in [1.82, 2.24) is 4.90 Å². The van der Waals surface area contributed by atoms with E-state index in [1.54, 1.807) is 35.2 Å². The second-order valence-electron chi connectivity index (χ2n) is 5.75. The Bertz CT molecular complexity index is 834. The SMILES string of the molecule is CCCN(Cc1ccc(C#N)cc1)C(=O)/C=C/c1ccc([N+](=O)[O-])cc1. The molecule has 0 fully saturated rings. The molecule has 0 bridgehead atoms. The summed E-state index contributed by atoms with van der Waals surface area (Å²) in [6.45, 7) is 3.07. The standard InChI is InChI=1S/C20H19N3O3/c1-2-13-22(15-18-5-3-17(14-21)4-6-18)20(24)12-9-16-7-10-19(11-8-16)23(25)26/h3-12H,2,13,15H2,1H3/b12-9+. The Morgan fingerprint density at radius 1 is 1.19 bits per heavy atom. The Kier molecular flexibility index (Phi) is 6.63. The molecule has 0 N–H and O–H groups in total. The van der Waals surface area contributed by atoms with Crippen molar-refractivity contribution in [2.75, 3.05) is 6.54 Å². The van der Waals surface area contributed by atoms with E-state index in [2.05, 4.69) is 6.07 Å². The summed E-state index contributed by atoms with van der Waals surface area (Å²) in [6.07, 6.45) is 3.95. The predicted molar refractivity (Wildman–Crippen MR) is 99.0 cm³/mol. The van der Waals surface area contributed by atoms with Gasteiger partial charge >= 0.3 is 0 Å². The maximum absolute atomic E-state index is 12.5. The second-order valence-corrected chi connectivity index (χ2v) is 5.75. The third-order valence-corrected chi connectivity index (χ3v) is 3.78. The number of benzene rings is 2. The van der Waals surface area contributed by atoms with Crippen molar-refractivity contribution < 1.29 is 9.72 Å². The molecule has 0 aromatic heterocycles. The smallest absolute Gasteiger partial charge is 0.269 e. The minimum absolute atomic E-state index is 0.0156. The summed E-state index contributed by atoms with van der Waals surface area (Å²) in [5.41, 5.74) is 2.27. The lowest BCUT2D eigenvalue weighted by Gasteiger charge is -2.20. The van der Waals surface area contributed by atoms with Gasteiger partial charge in [0.25, 0.3) is 5.69 Å². The molecule has 6 nitrogen and oxygen atoms in total. The fourth-order valence-corrected chi connectivity index (χ4v) is 2.42. The van der Waals surface area contributed by atoms with Crippen LogP contribution < -0.4 is 0 Å². The van der Waals surface area contributed by atoms with E-state index >= 15 is 0 Å². The second kappa shape index (κ2) is 9.14. The molecular weight excluding hydrogens is 330 g/mol. The average Bonchev–Trinajstić information content (AvgIpc) is 2.66. The van der Waals surface area contributed by atoms with Crippen LogP contribution in [0.2, 0.25) is 0 Å². The Labute approximate surface area is 152 Å². The van der Waals surface area contributed by atoms with Gasteiger partial charge in [-0.15, -0.1) is 0 Å². The molecule has 0 radical (unpaired) electrons. The highest BCUT2D eigenvalue weighted by Crippen LogP contribution is 2.14. The van der Waals surface area contributed by atoms with Crippen LogP contribution in [0.15, 0.2) is 54.6 Å². The predicted octanol–water partition coefficient (Wildman–Crippen LogP) is 3.92. The van der Waals surface area contributed by atoms with Crippen LogP contribution in [0.1, 0.15) is 30.0 Å². The summed E-state index contributed by atoms with van der Waals surface area (Å²) in [4.78, 5) is 24.4. The van der Waals surface area contributed by atoms with Crippen LogP contribution in [-0.4, -0.2) is 22.3 Å². The highest BCUT2D eigenvalue weighted by atomic mass is 16.6. The maximum atomic E-state index is 12.5. The van der Waals surface area contributed by atoms with Gasteiger partial charge in [0.1, 0.15) is 0 Å². The van der Waals surface area contributed by atoms with Crippen LogP contribution >= 0.6 is 0 Å². The largest absolute Gasteiger partial charge is 0.335 e. The molecule has 0 aliphatic carbocycles. The number of nitriles is 1. The van der Waals surface area contributed by atoms with Gasteiger partial charge in [0.05, 0.1) is 16.6 Å². The molecule has 6 heteroatoms. The van der Waals surface area contributed by atoms with Gasteiger partial charge in [-0.2, -0.15) is 5.26 Å². The fourth-order valence-electron chi connectivity index (χ4n) is 2.42. The number of amides is 1. The van der Waals surface area contributed by atoms with Gasteiger partial charge in [-0.05, 0) is 47.9 Å². The van der Waals surface area contributed by atoms with Gasteiger partial charge in [0, 0.05) is 31.3 Å². The molecule has 2 rings (SSSR count). The van der Waals surface area contributed by atoms with Crippen molar-refractivity contribution in [3.05, 3.63) is 81.4 Å². The van der Waals surface area contributed by atoms with Crippen LogP contribution in [0.25, 0.3) is 6.08 Å². The fraction of sp³-hybridized carbons (Fsp3) is 0.200. The molecule has 0 atom stereocenters. The number of hydrogen-bond acceptors (Lipinski definition) is 4. The normalized spacial score (nSPS) is 10.5. The number of nitro groups is 1. The molecule has 0 saturated carbocycles. The number of hydrogen-bond donors (Lipinski definition) is 0. The lowest BCUT2D eigenvalue weighted by atomic mass is 10.1. The van der Waals surface area contributed by atoms with E-state index < -0.39 is 4.92 Å². The third-order valence-electron chi connectivity index (χ3n) is 3.78. The maximum Gasteiger partial charge on any atom is 0.269 e. The summed E-state index contributed by atoms with van der Waals surface area (Å²) in [5.74, 6) is -0.130. The zero-order valence-corrected chi connectivity index (χ0v) is 14.5. The van der Waals surface area contributed by atoms with Gasteiger partial charge in [-0.3, -0.25) is 14.9 Å². The molecule has 26 heavy (non-hydrogen) atoms. The zero-order chi connectivity index (χ0) is 18.9. The summed E-state index contributed by atoms with van der Waals surface area (Å²) < 4.78 is 0. The van der Waals surface area contributed by atoms with Crippen molar-refractivity contribution in [1.29, 1.82) is 5.26 Å². The Hall–Kier alpha value is -3.46. The molecular formula is C20H19N3O3. The number of nitrogens with zero attached hydrogens (tertiary/aromatic N) is 3. The molecule has 0 spiro atoms. The van der Waals surface area contributed by atoms with E-state index in [0.29, 0.717) is 18.7 Å². The van der Waals surface area contributed by atoms with Gasteiger partial charge in [0.2, 0.25) is 5.91 Å².